The van der Waals surface area contributed by atoms with Crippen molar-refractivity contribution < 1.29 is 22.2 Å². The van der Waals surface area contributed by atoms with Gasteiger partial charge in [-0.15, -0.1) is 0 Å². The molecule has 1 saturated heterocycles. The number of epoxide rings is 1. The molecule has 4 aliphatic rings. The van der Waals surface area contributed by atoms with Crippen LogP contribution in [0.1, 0.15) is 18.9 Å². The molecule has 3 atom stereocenters. The molecule has 1 aromatic rings. The maximum Gasteiger partial charge on any atom is 0.343 e. The number of ether oxygens (including phenoxy) is 1. The summed E-state index contributed by atoms with van der Waals surface area (Å²) in [5, 5.41) is 13.8. The third-order valence-electron chi connectivity index (χ3n) is 6.05. The summed E-state index contributed by atoms with van der Waals surface area (Å²) in [4.78, 5) is -1.45. The highest BCUT2D eigenvalue weighted by Crippen LogP contribution is 2.58. The predicted molar refractivity (Wildman–Crippen MR) is 103 cm³/mol. The van der Waals surface area contributed by atoms with Gasteiger partial charge in [0.2, 0.25) is 0 Å². The van der Waals surface area contributed by atoms with E-state index in [1.807, 2.05) is 31.2 Å². The first-order chi connectivity index (χ1) is 13.2. The fourth-order valence-electron chi connectivity index (χ4n) is 4.48. The van der Waals surface area contributed by atoms with E-state index in [1.54, 1.807) is 12.1 Å². The lowest BCUT2D eigenvalue weighted by molar-refractivity contribution is -1.07. The maximum atomic E-state index is 13.8. The molecule has 7 heteroatoms. The Morgan fingerprint density at radius 3 is 2.64 bits per heavy atom. The van der Waals surface area contributed by atoms with Crippen molar-refractivity contribution in [3.63, 3.8) is 0 Å². The highest BCUT2D eigenvalue weighted by Gasteiger charge is 2.69. The Hall–Kier alpha value is -2.03. The molecule has 0 saturated carbocycles. The van der Waals surface area contributed by atoms with Gasteiger partial charge in [0.15, 0.2) is 0 Å². The summed E-state index contributed by atoms with van der Waals surface area (Å²) in [7, 11) is -4.26. The van der Waals surface area contributed by atoms with E-state index in [-0.39, 0.29) is 23.5 Å². The number of benzene rings is 1. The zero-order valence-corrected chi connectivity index (χ0v) is 16.5. The Balaban J connectivity index is 1.60. The molecule has 0 amide bonds. The molecule has 3 unspecified atom stereocenters. The Morgan fingerprint density at radius 1 is 1.25 bits per heavy atom. The van der Waals surface area contributed by atoms with E-state index in [0.717, 1.165) is 28.7 Å². The predicted octanol–water partition coefficient (Wildman–Crippen LogP) is 3.43. The Bertz CT molecular complexity index is 1090. The molecular formula is C21H21NO5S. The van der Waals surface area contributed by atoms with Crippen molar-refractivity contribution in [2.75, 3.05) is 13.2 Å². The van der Waals surface area contributed by atoms with Crippen LogP contribution in [0.3, 0.4) is 0 Å². The third kappa shape index (κ3) is 2.38. The van der Waals surface area contributed by atoms with E-state index in [2.05, 4.69) is 13.0 Å². The van der Waals surface area contributed by atoms with Crippen molar-refractivity contribution in [1.82, 2.24) is 0 Å². The fourth-order valence-corrected chi connectivity index (χ4v) is 5.52. The lowest BCUT2D eigenvalue weighted by Crippen LogP contribution is -2.60. The topological polar surface area (TPSA) is 79.0 Å². The number of fused-ring (bicyclic) bond motifs is 1. The molecule has 1 fully saturated rings. The van der Waals surface area contributed by atoms with Gasteiger partial charge in [-0.05, 0) is 37.1 Å². The largest absolute Gasteiger partial charge is 0.594 e. The van der Waals surface area contributed by atoms with E-state index >= 15 is 0 Å². The van der Waals surface area contributed by atoms with E-state index < -0.39 is 20.7 Å². The number of allylic oxidation sites excluding steroid dienone is 4. The quantitative estimate of drug-likeness (QED) is 0.442. The number of hydroxylamine groups is 4. The van der Waals surface area contributed by atoms with Gasteiger partial charge in [-0.2, -0.15) is 13.2 Å². The third-order valence-corrected chi connectivity index (χ3v) is 7.33. The summed E-state index contributed by atoms with van der Waals surface area (Å²) in [6, 6.07) is 6.25. The molecule has 28 heavy (non-hydrogen) atoms. The van der Waals surface area contributed by atoms with Crippen LogP contribution in [0.5, 0.6) is 0 Å². The van der Waals surface area contributed by atoms with Gasteiger partial charge in [-0.25, -0.2) is 0 Å². The van der Waals surface area contributed by atoms with Crippen LogP contribution in [0.15, 0.2) is 76.3 Å². The molecule has 1 aromatic carbocycles. The summed E-state index contributed by atoms with van der Waals surface area (Å²) in [5.41, 5.74) is 1.99. The molecule has 2 aliphatic heterocycles. The minimum absolute atomic E-state index is 0.0384. The summed E-state index contributed by atoms with van der Waals surface area (Å²) in [6.45, 7) is 4.01. The lowest BCUT2D eigenvalue weighted by atomic mass is 9.66. The van der Waals surface area contributed by atoms with Crippen molar-refractivity contribution in [1.29, 1.82) is 0 Å². The first kappa shape index (κ1) is 18.0. The van der Waals surface area contributed by atoms with Gasteiger partial charge in [0.25, 0.3) is 5.72 Å². The second kappa shape index (κ2) is 5.52. The number of rotatable bonds is 3. The molecule has 0 radical (unpaired) electrons. The van der Waals surface area contributed by atoms with Crippen molar-refractivity contribution in [3.8, 4) is 0 Å². The smallest absolute Gasteiger partial charge is 0.343 e. The van der Waals surface area contributed by atoms with Gasteiger partial charge < -0.3 is 9.94 Å². The zero-order valence-electron chi connectivity index (χ0n) is 15.7. The summed E-state index contributed by atoms with van der Waals surface area (Å²) in [5.74, 6) is 0. The molecule has 1 spiro atoms. The Labute approximate surface area is 164 Å². The van der Waals surface area contributed by atoms with Crippen LogP contribution in [0, 0.1) is 17.5 Å². The number of hydrogen-bond donors (Lipinski definition) is 0. The van der Waals surface area contributed by atoms with Crippen molar-refractivity contribution >= 4 is 10.1 Å². The first-order valence-corrected chi connectivity index (χ1v) is 10.7. The van der Waals surface area contributed by atoms with Gasteiger partial charge >= 0.3 is 10.1 Å². The zero-order chi connectivity index (χ0) is 19.8. The van der Waals surface area contributed by atoms with Crippen LogP contribution < -0.4 is 0 Å². The van der Waals surface area contributed by atoms with Crippen LogP contribution >= 0.6 is 0 Å². The van der Waals surface area contributed by atoms with Gasteiger partial charge in [-0.3, -0.25) is 0 Å². The summed E-state index contributed by atoms with van der Waals surface area (Å²) < 4.78 is 36.7. The molecule has 0 N–H and O–H groups in total. The van der Waals surface area contributed by atoms with E-state index in [1.165, 1.54) is 12.1 Å². The van der Waals surface area contributed by atoms with Crippen LogP contribution in [0.2, 0.25) is 0 Å². The lowest BCUT2D eigenvalue weighted by Gasteiger charge is -2.50. The molecule has 2 heterocycles. The van der Waals surface area contributed by atoms with Gasteiger partial charge in [-0.1, -0.05) is 53.2 Å². The SMILES string of the molecule is Cc1ccc(S(=O)(=O)O[N+]2([O-])CC3=C4C(=CC=CC4(C)CC=C3)C23CO3)cc1. The Kier molecular flexibility index (Phi) is 3.56. The van der Waals surface area contributed by atoms with Crippen molar-refractivity contribution in [2.45, 2.75) is 30.9 Å². The fraction of sp³-hybridized carbons (Fsp3) is 0.333. The minimum atomic E-state index is -4.26. The minimum Gasteiger partial charge on any atom is -0.594 e. The molecule has 0 aromatic heterocycles. The van der Waals surface area contributed by atoms with Crippen LogP contribution in [0.4, 0.5) is 0 Å². The van der Waals surface area contributed by atoms with E-state index in [0.29, 0.717) is 0 Å². The second-order valence-corrected chi connectivity index (χ2v) is 9.64. The maximum absolute atomic E-state index is 13.8. The van der Waals surface area contributed by atoms with Crippen LogP contribution in [-0.4, -0.2) is 32.1 Å². The average molecular weight is 399 g/mol. The average Bonchev–Trinajstić information content (AvgIpc) is 3.42. The molecular weight excluding hydrogens is 378 g/mol. The van der Waals surface area contributed by atoms with Crippen molar-refractivity contribution in [2.24, 2.45) is 5.41 Å². The Morgan fingerprint density at radius 2 is 1.96 bits per heavy atom. The van der Waals surface area contributed by atoms with Gasteiger partial charge in [0, 0.05) is 11.0 Å². The van der Waals surface area contributed by atoms with Crippen LogP contribution in [0.25, 0.3) is 0 Å². The van der Waals surface area contributed by atoms with Crippen LogP contribution in [-0.2, 0) is 19.1 Å². The number of hydrogen-bond acceptors (Lipinski definition) is 5. The van der Waals surface area contributed by atoms with E-state index in [9.17, 15) is 13.6 Å². The standard InChI is InChI=1S/C21H21NO5S/c1-15-7-9-17(10-8-15)28(24,25)27-22(23)13-16-5-3-11-20(2)12-4-6-18(19(16)20)21(22)14-26-21/h3-10,12H,11,13-14H2,1-2H3. The first-order valence-electron chi connectivity index (χ1n) is 9.26. The van der Waals surface area contributed by atoms with E-state index in [4.69, 9.17) is 9.02 Å². The normalized spacial score (nSPS) is 35.8. The summed E-state index contributed by atoms with van der Waals surface area (Å²) >= 11 is 0. The number of quaternary nitrogens is 1. The monoisotopic (exact) mass is 399 g/mol. The molecule has 2 aliphatic carbocycles. The summed E-state index contributed by atoms with van der Waals surface area (Å²) in [6.07, 6.45) is 10.7. The number of aryl methyl sites for hydroxylation is 1. The van der Waals surface area contributed by atoms with Gasteiger partial charge in [0.05, 0.1) is 10.5 Å². The molecule has 0 bridgehead atoms. The molecule has 146 valence electrons. The second-order valence-electron chi connectivity index (χ2n) is 8.11. The molecule has 6 nitrogen and oxygen atoms in total. The van der Waals surface area contributed by atoms with Crippen molar-refractivity contribution in [3.05, 3.63) is 82.1 Å². The number of nitrogens with zero attached hydrogens (tertiary/aromatic N) is 1. The highest BCUT2D eigenvalue weighted by atomic mass is 32.2. The molecule has 5 rings (SSSR count). The highest BCUT2D eigenvalue weighted by molar-refractivity contribution is 7.86. The van der Waals surface area contributed by atoms with Gasteiger partial charge in [0.1, 0.15) is 13.2 Å².